The van der Waals surface area contributed by atoms with Crippen molar-refractivity contribution in [1.82, 2.24) is 9.29 Å². The highest BCUT2D eigenvalue weighted by molar-refractivity contribution is 7.89. The predicted molar refractivity (Wildman–Crippen MR) is 68.3 cm³/mol. The van der Waals surface area contributed by atoms with Gasteiger partial charge in [-0.25, -0.2) is 8.42 Å². The minimum Gasteiger partial charge on any atom is -0.262 e. The molecule has 1 aliphatic rings. The van der Waals surface area contributed by atoms with E-state index in [1.165, 1.54) is 6.20 Å². The number of hydrogen-bond donors (Lipinski definition) is 0. The number of aromatic nitrogens is 1. The van der Waals surface area contributed by atoms with Gasteiger partial charge in [0.1, 0.15) is 0 Å². The smallest absolute Gasteiger partial charge is 0.243 e. The van der Waals surface area contributed by atoms with Crippen LogP contribution >= 0.6 is 0 Å². The predicted octanol–water partition coefficient (Wildman–Crippen LogP) is 2.20. The number of nitrogens with zero attached hydrogens (tertiary/aromatic N) is 2. The lowest BCUT2D eigenvalue weighted by Crippen LogP contribution is -2.27. The van der Waals surface area contributed by atoms with Crippen molar-refractivity contribution in [1.29, 1.82) is 0 Å². The molecule has 0 N–H and O–H groups in total. The highest BCUT2D eigenvalue weighted by atomic mass is 32.2. The first-order valence-electron chi connectivity index (χ1n) is 6.03. The summed E-state index contributed by atoms with van der Waals surface area (Å²) < 4.78 is 25.7. The van der Waals surface area contributed by atoms with Gasteiger partial charge in [0.15, 0.2) is 0 Å². The van der Waals surface area contributed by atoms with Crippen molar-refractivity contribution in [3.8, 4) is 0 Å². The van der Waals surface area contributed by atoms with Crippen LogP contribution in [0.4, 0.5) is 0 Å². The second-order valence-corrected chi connectivity index (χ2v) is 5.68. The summed E-state index contributed by atoms with van der Waals surface area (Å²) in [4.78, 5) is 4.36. The average Bonchev–Trinajstić information content (AvgIpc) is 2.86. The third-order valence-corrected chi connectivity index (χ3v) is 4.47. The third-order valence-electron chi connectivity index (χ3n) is 2.57. The van der Waals surface area contributed by atoms with E-state index in [9.17, 15) is 8.42 Å². The van der Waals surface area contributed by atoms with Crippen LogP contribution in [0.5, 0.6) is 0 Å². The maximum atomic E-state index is 12.1. The van der Waals surface area contributed by atoms with Crippen LogP contribution in [0.25, 0.3) is 0 Å². The molecule has 1 saturated heterocycles. The summed E-state index contributed by atoms with van der Waals surface area (Å²) in [5, 5.41) is 0. The van der Waals surface area contributed by atoms with Crippen LogP contribution in [0.1, 0.15) is 32.4 Å². The molecule has 0 spiro atoms. The van der Waals surface area contributed by atoms with E-state index in [1.54, 1.807) is 23.4 Å². The molecule has 1 aliphatic heterocycles. The topological polar surface area (TPSA) is 50.3 Å². The first-order chi connectivity index (χ1) is 8.10. The molecule has 96 valence electrons. The number of hydrogen-bond acceptors (Lipinski definition) is 3. The van der Waals surface area contributed by atoms with Gasteiger partial charge in [0.2, 0.25) is 10.0 Å². The largest absolute Gasteiger partial charge is 0.262 e. The van der Waals surface area contributed by atoms with Crippen molar-refractivity contribution < 1.29 is 8.42 Å². The fraction of sp³-hybridized carbons (Fsp3) is 0.583. The molecule has 0 radical (unpaired) electrons. The lowest BCUT2D eigenvalue weighted by molar-refractivity contribution is 0.477. The van der Waals surface area contributed by atoms with Crippen LogP contribution in [0, 0.1) is 6.92 Å². The second kappa shape index (κ2) is 6.12. The molecule has 1 fully saturated rings. The van der Waals surface area contributed by atoms with Gasteiger partial charge in [-0.2, -0.15) is 4.31 Å². The fourth-order valence-corrected chi connectivity index (χ4v) is 3.35. The molecule has 0 saturated carbocycles. The zero-order valence-electron chi connectivity index (χ0n) is 10.7. The Morgan fingerprint density at radius 2 is 1.82 bits per heavy atom. The van der Waals surface area contributed by atoms with Crippen LogP contribution in [-0.4, -0.2) is 30.8 Å². The van der Waals surface area contributed by atoms with E-state index in [-0.39, 0.29) is 0 Å². The van der Waals surface area contributed by atoms with Crippen molar-refractivity contribution in [2.45, 2.75) is 38.5 Å². The number of sulfonamides is 1. The number of rotatable bonds is 2. The Labute approximate surface area is 104 Å². The van der Waals surface area contributed by atoms with E-state index >= 15 is 0 Å². The third kappa shape index (κ3) is 3.26. The lowest BCUT2D eigenvalue weighted by Gasteiger charge is -2.15. The molecule has 0 aromatic carbocycles. The average molecular weight is 256 g/mol. The van der Waals surface area contributed by atoms with Crippen molar-refractivity contribution in [3.63, 3.8) is 0 Å². The van der Waals surface area contributed by atoms with Crippen molar-refractivity contribution in [2.24, 2.45) is 0 Å². The van der Waals surface area contributed by atoms with Gasteiger partial charge in [0, 0.05) is 25.0 Å². The second-order valence-electron chi connectivity index (χ2n) is 3.74. The highest BCUT2D eigenvalue weighted by Gasteiger charge is 2.26. The Morgan fingerprint density at radius 1 is 1.24 bits per heavy atom. The van der Waals surface area contributed by atoms with Crippen molar-refractivity contribution >= 4 is 10.0 Å². The summed E-state index contributed by atoms with van der Waals surface area (Å²) in [6.45, 7) is 7.08. The summed E-state index contributed by atoms with van der Waals surface area (Å²) in [6, 6.07) is 3.17. The summed E-state index contributed by atoms with van der Waals surface area (Å²) in [6.07, 6.45) is 3.46. The summed E-state index contributed by atoms with van der Waals surface area (Å²) in [7, 11) is -3.27. The monoisotopic (exact) mass is 256 g/mol. The van der Waals surface area contributed by atoms with Gasteiger partial charge < -0.3 is 0 Å². The molecule has 1 aromatic heterocycles. The highest BCUT2D eigenvalue weighted by Crippen LogP contribution is 2.20. The number of aryl methyl sites for hydroxylation is 1. The first-order valence-corrected chi connectivity index (χ1v) is 7.47. The molecular formula is C12H20N2O2S. The normalized spacial score (nSPS) is 16.4. The Balaban J connectivity index is 0.000000686. The minimum absolute atomic E-state index is 0.358. The van der Waals surface area contributed by atoms with Gasteiger partial charge in [-0.15, -0.1) is 0 Å². The Morgan fingerprint density at radius 3 is 2.35 bits per heavy atom. The van der Waals surface area contributed by atoms with Gasteiger partial charge >= 0.3 is 0 Å². The van der Waals surface area contributed by atoms with Crippen molar-refractivity contribution in [2.75, 3.05) is 13.1 Å². The number of pyridine rings is 1. The van der Waals surface area contributed by atoms with Crippen LogP contribution in [0.3, 0.4) is 0 Å². The SMILES string of the molecule is CC.Cc1cc(S(=O)(=O)N2CCCC2)ccn1. The van der Waals surface area contributed by atoms with Crippen molar-refractivity contribution in [3.05, 3.63) is 24.0 Å². The van der Waals surface area contributed by atoms with Gasteiger partial charge in [-0.3, -0.25) is 4.98 Å². The molecular weight excluding hydrogens is 236 g/mol. The minimum atomic E-state index is -3.27. The van der Waals surface area contributed by atoms with Gasteiger partial charge in [-0.05, 0) is 31.9 Å². The molecule has 17 heavy (non-hydrogen) atoms. The Bertz CT molecular complexity index is 451. The quantitative estimate of drug-likeness (QED) is 0.815. The van der Waals surface area contributed by atoms with E-state index in [0.717, 1.165) is 18.5 Å². The first kappa shape index (κ1) is 14.1. The Hall–Kier alpha value is -0.940. The molecule has 2 rings (SSSR count). The van der Waals surface area contributed by atoms with E-state index in [0.29, 0.717) is 18.0 Å². The Kier molecular flexibility index (Phi) is 5.08. The summed E-state index contributed by atoms with van der Waals surface area (Å²) in [5.41, 5.74) is 0.732. The van der Waals surface area contributed by atoms with Crippen LogP contribution in [-0.2, 0) is 10.0 Å². The van der Waals surface area contributed by atoms with E-state index < -0.39 is 10.0 Å². The van der Waals surface area contributed by atoms with Crippen LogP contribution < -0.4 is 0 Å². The van der Waals surface area contributed by atoms with Crippen LogP contribution in [0.15, 0.2) is 23.2 Å². The van der Waals surface area contributed by atoms with Crippen LogP contribution in [0.2, 0.25) is 0 Å². The molecule has 0 unspecified atom stereocenters. The maximum absolute atomic E-state index is 12.1. The van der Waals surface area contributed by atoms with Gasteiger partial charge in [0.05, 0.1) is 4.90 Å². The molecule has 0 amide bonds. The molecule has 0 aliphatic carbocycles. The summed E-state index contributed by atoms with van der Waals surface area (Å²) in [5.74, 6) is 0. The molecule has 0 atom stereocenters. The summed E-state index contributed by atoms with van der Waals surface area (Å²) >= 11 is 0. The van der Waals surface area contributed by atoms with Gasteiger partial charge in [0.25, 0.3) is 0 Å². The molecule has 0 bridgehead atoms. The zero-order chi connectivity index (χ0) is 12.9. The molecule has 4 nitrogen and oxygen atoms in total. The molecule has 1 aromatic rings. The molecule has 5 heteroatoms. The fourth-order valence-electron chi connectivity index (χ4n) is 1.76. The van der Waals surface area contributed by atoms with E-state index in [1.807, 2.05) is 13.8 Å². The van der Waals surface area contributed by atoms with Gasteiger partial charge in [-0.1, -0.05) is 13.8 Å². The maximum Gasteiger partial charge on any atom is 0.243 e. The molecule has 2 heterocycles. The van der Waals surface area contributed by atoms with E-state index in [2.05, 4.69) is 4.98 Å². The zero-order valence-corrected chi connectivity index (χ0v) is 11.5. The standard InChI is InChI=1S/C10H14N2O2S.C2H6/c1-9-8-10(4-5-11-9)15(13,14)12-6-2-3-7-12;1-2/h4-5,8H,2-3,6-7H2,1H3;1-2H3. The van der Waals surface area contributed by atoms with E-state index in [4.69, 9.17) is 0 Å². The lowest BCUT2D eigenvalue weighted by atomic mass is 10.4.